The normalized spacial score (nSPS) is 14.3. The Bertz CT molecular complexity index is 1240. The summed E-state index contributed by atoms with van der Waals surface area (Å²) in [5, 5.41) is 0.591. The van der Waals surface area contributed by atoms with Crippen molar-refractivity contribution in [2.45, 2.75) is 39.5 Å². The third-order valence-electron chi connectivity index (χ3n) is 5.82. The van der Waals surface area contributed by atoms with Gasteiger partial charge in [0.15, 0.2) is 10.9 Å². The summed E-state index contributed by atoms with van der Waals surface area (Å²) in [5.41, 5.74) is 0.740. The molecule has 0 aliphatic carbocycles. The van der Waals surface area contributed by atoms with E-state index in [0.717, 1.165) is 25.7 Å². The van der Waals surface area contributed by atoms with E-state index < -0.39 is 22.8 Å². The predicted molar refractivity (Wildman–Crippen MR) is 125 cm³/mol. The van der Waals surface area contributed by atoms with E-state index in [2.05, 4.69) is 14.9 Å². The van der Waals surface area contributed by atoms with Gasteiger partial charge in [0.25, 0.3) is 0 Å². The van der Waals surface area contributed by atoms with E-state index in [4.69, 9.17) is 9.47 Å². The molecule has 0 saturated carbocycles. The highest BCUT2D eigenvalue weighted by atomic mass is 16.5. The minimum absolute atomic E-state index is 0.0358. The number of carbonyl (C=O) groups excluding carboxylic acids is 2. The standard InChI is InChI=1S/C24H27N3O6/c1-3-32-23(30)16-12-18(28)14-11-15-19(29)13-17(24(31)33-4-2)26-21(15)22(20(14)25-16)27-9-7-5-6-8-10-27/h11-13H,3-10H2,1-2H3,(H,25,28)(H,26,29). The molecule has 9 nitrogen and oxygen atoms in total. The van der Waals surface area contributed by atoms with E-state index in [9.17, 15) is 19.2 Å². The van der Waals surface area contributed by atoms with E-state index >= 15 is 0 Å². The van der Waals surface area contributed by atoms with Crippen LogP contribution >= 0.6 is 0 Å². The van der Waals surface area contributed by atoms with Crippen LogP contribution in [0.5, 0.6) is 0 Å². The first-order valence-electron chi connectivity index (χ1n) is 11.3. The molecule has 0 spiro atoms. The number of H-pyrrole nitrogens is 2. The van der Waals surface area contributed by atoms with Gasteiger partial charge in [-0.1, -0.05) is 12.8 Å². The molecule has 1 aliphatic heterocycles. The molecule has 1 fully saturated rings. The number of benzene rings is 1. The lowest BCUT2D eigenvalue weighted by molar-refractivity contribution is 0.0510. The van der Waals surface area contributed by atoms with Crippen molar-refractivity contribution in [2.24, 2.45) is 0 Å². The maximum absolute atomic E-state index is 13.0. The molecule has 9 heteroatoms. The molecule has 0 atom stereocenters. The van der Waals surface area contributed by atoms with Gasteiger partial charge in [-0.3, -0.25) is 9.59 Å². The number of rotatable bonds is 5. The molecule has 1 saturated heterocycles. The number of hydrogen-bond donors (Lipinski definition) is 2. The van der Waals surface area contributed by atoms with Crippen molar-refractivity contribution in [1.29, 1.82) is 0 Å². The number of esters is 2. The van der Waals surface area contributed by atoms with Crippen molar-refractivity contribution in [3.63, 3.8) is 0 Å². The van der Waals surface area contributed by atoms with Crippen molar-refractivity contribution in [1.82, 2.24) is 9.97 Å². The van der Waals surface area contributed by atoms with Gasteiger partial charge in [-0.25, -0.2) is 9.59 Å². The second-order valence-corrected chi connectivity index (χ2v) is 8.01. The predicted octanol–water partition coefficient (Wildman–Crippen LogP) is 3.10. The fraction of sp³-hybridized carbons (Fsp3) is 0.417. The molecule has 174 valence electrons. The summed E-state index contributed by atoms with van der Waals surface area (Å²) in [4.78, 5) is 59.0. The van der Waals surface area contributed by atoms with Crippen LogP contribution in [-0.4, -0.2) is 48.2 Å². The molecule has 2 N–H and O–H groups in total. The number of nitrogens with one attached hydrogen (secondary N) is 2. The molecule has 2 aromatic heterocycles. The van der Waals surface area contributed by atoms with Crippen LogP contribution in [0.4, 0.5) is 5.69 Å². The number of ether oxygens (including phenoxy) is 2. The summed E-state index contributed by atoms with van der Waals surface area (Å²) in [7, 11) is 0. The summed E-state index contributed by atoms with van der Waals surface area (Å²) in [6.45, 7) is 5.15. The summed E-state index contributed by atoms with van der Waals surface area (Å²) in [6.07, 6.45) is 4.05. The van der Waals surface area contributed by atoms with Crippen LogP contribution in [0, 0.1) is 0 Å². The van der Waals surface area contributed by atoms with Gasteiger partial charge in [-0.15, -0.1) is 0 Å². The van der Waals surface area contributed by atoms with Crippen molar-refractivity contribution in [3.05, 3.63) is 50.0 Å². The molecule has 0 amide bonds. The second-order valence-electron chi connectivity index (χ2n) is 8.01. The molecule has 3 heterocycles. The first-order chi connectivity index (χ1) is 15.9. The highest BCUT2D eigenvalue weighted by Gasteiger charge is 2.23. The van der Waals surface area contributed by atoms with Crippen LogP contribution < -0.4 is 15.8 Å². The van der Waals surface area contributed by atoms with Gasteiger partial charge in [0, 0.05) is 36.0 Å². The number of fused-ring (bicyclic) bond motifs is 2. The Hall–Kier alpha value is -3.62. The highest BCUT2D eigenvalue weighted by Crippen LogP contribution is 2.33. The number of anilines is 1. The molecule has 1 aromatic carbocycles. The number of hydrogen-bond acceptors (Lipinski definition) is 7. The van der Waals surface area contributed by atoms with Gasteiger partial charge in [0.2, 0.25) is 0 Å². The fourth-order valence-electron chi connectivity index (χ4n) is 4.32. The first-order valence-corrected chi connectivity index (χ1v) is 11.3. The zero-order valence-electron chi connectivity index (χ0n) is 18.8. The molecule has 0 radical (unpaired) electrons. The smallest absolute Gasteiger partial charge is 0.354 e. The maximum Gasteiger partial charge on any atom is 0.354 e. The number of aromatic amines is 2. The van der Waals surface area contributed by atoms with Crippen LogP contribution in [0.3, 0.4) is 0 Å². The third-order valence-corrected chi connectivity index (χ3v) is 5.82. The summed E-state index contributed by atoms with van der Waals surface area (Å²) in [5.74, 6) is -1.26. The van der Waals surface area contributed by atoms with Crippen molar-refractivity contribution >= 4 is 39.4 Å². The lowest BCUT2D eigenvalue weighted by Gasteiger charge is -2.26. The van der Waals surface area contributed by atoms with Crippen molar-refractivity contribution in [2.75, 3.05) is 31.2 Å². The fourth-order valence-corrected chi connectivity index (χ4v) is 4.32. The van der Waals surface area contributed by atoms with Crippen LogP contribution in [0.15, 0.2) is 27.8 Å². The van der Waals surface area contributed by atoms with Crippen molar-refractivity contribution in [3.8, 4) is 0 Å². The minimum Gasteiger partial charge on any atom is -0.461 e. The molecular formula is C24H27N3O6. The minimum atomic E-state index is -0.632. The Morgan fingerprint density at radius 1 is 0.788 bits per heavy atom. The summed E-state index contributed by atoms with van der Waals surface area (Å²) in [6, 6.07) is 3.90. The molecule has 1 aliphatic rings. The summed E-state index contributed by atoms with van der Waals surface area (Å²) < 4.78 is 10.2. The van der Waals surface area contributed by atoms with Crippen LogP contribution in [0.2, 0.25) is 0 Å². The van der Waals surface area contributed by atoms with Gasteiger partial charge < -0.3 is 24.3 Å². The molecule has 33 heavy (non-hydrogen) atoms. The highest BCUT2D eigenvalue weighted by molar-refractivity contribution is 6.09. The average molecular weight is 453 g/mol. The van der Waals surface area contributed by atoms with Crippen LogP contribution in [0.25, 0.3) is 21.8 Å². The number of carbonyl (C=O) groups is 2. The van der Waals surface area contributed by atoms with Crippen molar-refractivity contribution < 1.29 is 19.1 Å². The number of nitrogens with zero attached hydrogens (tertiary/aromatic N) is 1. The van der Waals surface area contributed by atoms with E-state index in [1.54, 1.807) is 13.8 Å². The molecule has 4 rings (SSSR count). The third kappa shape index (κ3) is 4.35. The maximum atomic E-state index is 13.0. The van der Waals surface area contributed by atoms with Crippen LogP contribution in [0.1, 0.15) is 60.5 Å². The quantitative estimate of drug-likeness (QED) is 0.450. The van der Waals surface area contributed by atoms with Crippen LogP contribution in [-0.2, 0) is 9.47 Å². The van der Waals surface area contributed by atoms with E-state index in [-0.39, 0.29) is 24.6 Å². The molecule has 0 bridgehead atoms. The molecule has 3 aromatic rings. The monoisotopic (exact) mass is 453 g/mol. The van der Waals surface area contributed by atoms with E-state index in [0.29, 0.717) is 40.6 Å². The van der Waals surface area contributed by atoms with Gasteiger partial charge in [-0.05, 0) is 32.8 Å². The Morgan fingerprint density at radius 3 is 1.67 bits per heavy atom. The lowest BCUT2D eigenvalue weighted by Crippen LogP contribution is -2.26. The van der Waals surface area contributed by atoms with Gasteiger partial charge in [0.1, 0.15) is 11.4 Å². The zero-order valence-corrected chi connectivity index (χ0v) is 18.8. The topological polar surface area (TPSA) is 122 Å². The van der Waals surface area contributed by atoms with E-state index in [1.807, 2.05) is 0 Å². The Balaban J connectivity index is 2.08. The number of pyridine rings is 2. The second kappa shape index (κ2) is 9.48. The van der Waals surface area contributed by atoms with Gasteiger partial charge in [-0.2, -0.15) is 0 Å². The Kier molecular flexibility index (Phi) is 6.48. The summed E-state index contributed by atoms with van der Waals surface area (Å²) >= 11 is 0. The Morgan fingerprint density at radius 2 is 1.24 bits per heavy atom. The first kappa shape index (κ1) is 22.6. The lowest BCUT2D eigenvalue weighted by atomic mass is 10.0. The van der Waals surface area contributed by atoms with Gasteiger partial charge in [0.05, 0.1) is 29.9 Å². The van der Waals surface area contributed by atoms with Gasteiger partial charge >= 0.3 is 11.9 Å². The Labute approximate surface area is 189 Å². The molecular weight excluding hydrogens is 426 g/mol. The number of aromatic nitrogens is 2. The zero-order chi connectivity index (χ0) is 23.5. The average Bonchev–Trinajstić information content (AvgIpc) is 3.07. The molecule has 0 unspecified atom stereocenters. The van der Waals surface area contributed by atoms with E-state index in [1.165, 1.54) is 18.2 Å². The largest absolute Gasteiger partial charge is 0.461 e. The SMILES string of the molecule is CCOC(=O)c1cc(=O)c2cc3c(=O)cc(C(=O)OCC)[nH]c3c(N3CCCCCC3)c2[nH]1.